The predicted octanol–water partition coefficient (Wildman–Crippen LogP) is 3.78. The van der Waals surface area contributed by atoms with Gasteiger partial charge in [0.2, 0.25) is 0 Å². The van der Waals surface area contributed by atoms with Crippen molar-refractivity contribution < 1.29 is 5.11 Å². The number of piperidine rings is 1. The van der Waals surface area contributed by atoms with Crippen LogP contribution >= 0.6 is 12.4 Å². The Morgan fingerprint density at radius 3 is 2.34 bits per heavy atom. The van der Waals surface area contributed by atoms with Crippen LogP contribution in [-0.4, -0.2) is 70.6 Å². The molecule has 2 fully saturated rings. The number of aliphatic hydroxyl groups excluding tert-OH is 1. The van der Waals surface area contributed by atoms with Gasteiger partial charge in [-0.2, -0.15) is 5.10 Å². The molecule has 0 radical (unpaired) electrons. The van der Waals surface area contributed by atoms with E-state index in [-0.39, 0.29) is 12.4 Å². The fourth-order valence-electron chi connectivity index (χ4n) is 5.18. The van der Waals surface area contributed by atoms with Gasteiger partial charge in [-0.05, 0) is 49.4 Å². The van der Waals surface area contributed by atoms with E-state index in [9.17, 15) is 5.11 Å². The van der Waals surface area contributed by atoms with Crippen molar-refractivity contribution in [2.75, 3.05) is 55.7 Å². The van der Waals surface area contributed by atoms with Gasteiger partial charge >= 0.3 is 0 Å². The molecule has 0 unspecified atom stereocenters. The van der Waals surface area contributed by atoms with Gasteiger partial charge < -0.3 is 14.9 Å². The van der Waals surface area contributed by atoms with E-state index < -0.39 is 0 Å². The molecule has 1 aromatic carbocycles. The number of aryl methyl sites for hydroxylation is 1. The van der Waals surface area contributed by atoms with Gasteiger partial charge in [0.05, 0.1) is 17.1 Å². The molecule has 0 amide bonds. The maximum absolute atomic E-state index is 9.48. The first-order chi connectivity index (χ1) is 16.7. The second-order valence-corrected chi connectivity index (χ2v) is 9.46. The summed E-state index contributed by atoms with van der Waals surface area (Å²) in [5.74, 6) is 1.54. The summed E-state index contributed by atoms with van der Waals surface area (Å²) in [4.78, 5) is 12.2. The fourth-order valence-corrected chi connectivity index (χ4v) is 5.18. The summed E-state index contributed by atoms with van der Waals surface area (Å²) in [5, 5.41) is 14.3. The lowest BCUT2D eigenvalue weighted by Gasteiger charge is -2.39. The molecule has 7 nitrogen and oxygen atoms in total. The van der Waals surface area contributed by atoms with Gasteiger partial charge in [-0.3, -0.25) is 4.90 Å². The van der Waals surface area contributed by atoms with Crippen molar-refractivity contribution in [3.05, 3.63) is 66.1 Å². The number of anilines is 2. The third-order valence-electron chi connectivity index (χ3n) is 7.28. The summed E-state index contributed by atoms with van der Waals surface area (Å²) in [6.45, 7) is 9.43. The molecular weight excluding hydrogens is 460 g/mol. The molecule has 0 atom stereocenters. The lowest BCUT2D eigenvalue weighted by molar-refractivity contribution is 0.202. The Kier molecular flexibility index (Phi) is 8.65. The lowest BCUT2D eigenvalue weighted by atomic mass is 9.98. The van der Waals surface area contributed by atoms with Crippen molar-refractivity contribution >= 4 is 23.9 Å². The van der Waals surface area contributed by atoms with Crippen molar-refractivity contribution in [3.8, 4) is 5.69 Å². The smallest absolute Gasteiger partial charge is 0.152 e. The van der Waals surface area contributed by atoms with Crippen LogP contribution in [0, 0.1) is 5.92 Å². The van der Waals surface area contributed by atoms with Crippen molar-refractivity contribution in [1.82, 2.24) is 19.7 Å². The first kappa shape index (κ1) is 25.5. The molecular formula is C27H37ClN6O. The van der Waals surface area contributed by atoms with Gasteiger partial charge in [-0.25, -0.2) is 9.67 Å². The van der Waals surface area contributed by atoms with Crippen molar-refractivity contribution in [1.29, 1.82) is 0 Å². The number of hydrogen-bond donors (Lipinski definition) is 1. The highest BCUT2D eigenvalue weighted by Crippen LogP contribution is 2.31. The molecule has 2 aliphatic heterocycles. The zero-order chi connectivity index (χ0) is 23.3. The summed E-state index contributed by atoms with van der Waals surface area (Å²) in [7, 11) is 0. The molecule has 8 heteroatoms. The monoisotopic (exact) mass is 496 g/mol. The van der Waals surface area contributed by atoms with Gasteiger partial charge in [0.25, 0.3) is 0 Å². The van der Waals surface area contributed by atoms with Gasteiger partial charge in [0, 0.05) is 70.4 Å². The number of pyridine rings is 1. The Morgan fingerprint density at radius 2 is 1.66 bits per heavy atom. The molecule has 1 N–H and O–H groups in total. The molecule has 2 aliphatic rings. The highest BCUT2D eigenvalue weighted by molar-refractivity contribution is 5.85. The lowest BCUT2D eigenvalue weighted by Crippen LogP contribution is -2.47. The summed E-state index contributed by atoms with van der Waals surface area (Å²) in [6.07, 6.45) is 7.13. The van der Waals surface area contributed by atoms with Crippen molar-refractivity contribution in [3.63, 3.8) is 0 Å². The molecule has 35 heavy (non-hydrogen) atoms. The number of hydrogen-bond acceptors (Lipinski definition) is 6. The topological polar surface area (TPSA) is 60.7 Å². The van der Waals surface area contributed by atoms with E-state index in [1.165, 1.54) is 16.9 Å². The Hall–Kier alpha value is -2.61. The number of piperazine rings is 1. The summed E-state index contributed by atoms with van der Waals surface area (Å²) in [5.41, 5.74) is 4.87. The van der Waals surface area contributed by atoms with Crippen LogP contribution in [-0.2, 0) is 13.0 Å². The second kappa shape index (κ2) is 11.9. The number of para-hydroxylation sites is 1. The maximum Gasteiger partial charge on any atom is 0.152 e. The SMILES string of the molecule is CCc1nn(-c2ccccc2)cc1CN1CCN(c2cccnc2N2CCC(CO)CC2)CC1.Cl. The zero-order valence-corrected chi connectivity index (χ0v) is 21.4. The molecule has 0 saturated carbocycles. The molecule has 188 valence electrons. The summed E-state index contributed by atoms with van der Waals surface area (Å²) in [6, 6.07) is 14.6. The maximum atomic E-state index is 9.48. The average Bonchev–Trinajstić information content (AvgIpc) is 3.32. The Balaban J connectivity index is 0.00000289. The first-order valence-electron chi connectivity index (χ1n) is 12.7. The van der Waals surface area contributed by atoms with Gasteiger partial charge in [-0.15, -0.1) is 12.4 Å². The van der Waals surface area contributed by atoms with E-state index >= 15 is 0 Å². The number of rotatable bonds is 7. The van der Waals surface area contributed by atoms with Gasteiger partial charge in [0.1, 0.15) is 0 Å². The molecule has 4 heterocycles. The van der Waals surface area contributed by atoms with Crippen LogP contribution in [0.3, 0.4) is 0 Å². The molecule has 0 bridgehead atoms. The largest absolute Gasteiger partial charge is 0.396 e. The molecule has 2 aromatic heterocycles. The fraction of sp³-hybridized carbons (Fsp3) is 0.481. The second-order valence-electron chi connectivity index (χ2n) is 9.46. The van der Waals surface area contributed by atoms with Crippen LogP contribution < -0.4 is 9.80 Å². The van der Waals surface area contributed by atoms with Crippen LogP contribution in [0.15, 0.2) is 54.9 Å². The summed E-state index contributed by atoms with van der Waals surface area (Å²) < 4.78 is 2.02. The first-order valence-corrected chi connectivity index (χ1v) is 12.7. The van der Waals surface area contributed by atoms with E-state index in [4.69, 9.17) is 10.1 Å². The van der Waals surface area contributed by atoms with Gasteiger partial charge in [0.15, 0.2) is 5.82 Å². The average molecular weight is 497 g/mol. The van der Waals surface area contributed by atoms with E-state index in [2.05, 4.69) is 64.2 Å². The number of aliphatic hydroxyl groups is 1. The van der Waals surface area contributed by atoms with E-state index in [0.717, 1.165) is 76.6 Å². The van der Waals surface area contributed by atoms with E-state index in [1.54, 1.807) is 0 Å². The minimum Gasteiger partial charge on any atom is -0.396 e. The van der Waals surface area contributed by atoms with E-state index in [1.807, 2.05) is 16.9 Å². The minimum absolute atomic E-state index is 0. The van der Waals surface area contributed by atoms with Crippen LogP contribution in [0.5, 0.6) is 0 Å². The standard InChI is InChI=1S/C27H36N6O.ClH/c1-2-25-23(20-33(29-25)24-7-4-3-5-8-24)19-30-15-17-31(18-16-30)26-9-6-12-28-27(26)32-13-10-22(21-34)11-14-32;/h3-9,12,20,22,34H,2,10-11,13-19,21H2,1H3;1H. The molecule has 5 rings (SSSR count). The molecule has 3 aromatic rings. The third kappa shape index (κ3) is 5.80. The molecule has 2 saturated heterocycles. The van der Waals surface area contributed by atoms with Gasteiger partial charge in [-0.1, -0.05) is 25.1 Å². The highest BCUT2D eigenvalue weighted by atomic mass is 35.5. The molecule has 0 spiro atoms. The Bertz CT molecular complexity index is 1060. The normalized spacial score (nSPS) is 17.4. The van der Waals surface area contributed by atoms with Crippen molar-refractivity contribution in [2.45, 2.75) is 32.7 Å². The van der Waals surface area contributed by atoms with Crippen LogP contribution in [0.4, 0.5) is 11.5 Å². The van der Waals surface area contributed by atoms with Crippen LogP contribution in [0.25, 0.3) is 5.69 Å². The van der Waals surface area contributed by atoms with Crippen LogP contribution in [0.2, 0.25) is 0 Å². The minimum atomic E-state index is 0. The Morgan fingerprint density at radius 1 is 0.914 bits per heavy atom. The van der Waals surface area contributed by atoms with Crippen LogP contribution in [0.1, 0.15) is 31.0 Å². The number of halogens is 1. The predicted molar refractivity (Wildman–Crippen MR) is 144 cm³/mol. The number of aromatic nitrogens is 3. The highest BCUT2D eigenvalue weighted by Gasteiger charge is 2.25. The Labute approximate surface area is 214 Å². The number of nitrogens with zero attached hydrogens (tertiary/aromatic N) is 6. The quantitative estimate of drug-likeness (QED) is 0.537. The van der Waals surface area contributed by atoms with E-state index in [0.29, 0.717) is 12.5 Å². The zero-order valence-electron chi connectivity index (χ0n) is 20.6. The number of benzene rings is 1. The molecule has 0 aliphatic carbocycles. The van der Waals surface area contributed by atoms with Crippen molar-refractivity contribution in [2.24, 2.45) is 5.92 Å². The summed E-state index contributed by atoms with van der Waals surface area (Å²) >= 11 is 0. The third-order valence-corrected chi connectivity index (χ3v) is 7.28.